The van der Waals surface area contributed by atoms with Crippen LogP contribution in [-0.2, 0) is 6.54 Å². The van der Waals surface area contributed by atoms with E-state index in [1.54, 1.807) is 39.6 Å². The number of imidazole rings is 1. The molecule has 1 aliphatic carbocycles. The number of hydrogen-bond donors (Lipinski definition) is 2. The van der Waals surface area contributed by atoms with Crippen molar-refractivity contribution in [3.63, 3.8) is 0 Å². The lowest BCUT2D eigenvalue weighted by Crippen LogP contribution is -2.29. The highest BCUT2D eigenvalue weighted by molar-refractivity contribution is 6.58. The monoisotopic (exact) mass is 258 g/mol. The lowest BCUT2D eigenvalue weighted by molar-refractivity contribution is 0.426. The van der Waals surface area contributed by atoms with Gasteiger partial charge in [-0.3, -0.25) is 9.13 Å². The molecule has 2 aromatic rings. The van der Waals surface area contributed by atoms with Gasteiger partial charge < -0.3 is 10.0 Å². The van der Waals surface area contributed by atoms with Gasteiger partial charge in [0.25, 0.3) is 0 Å². The minimum atomic E-state index is -1.45. The van der Waals surface area contributed by atoms with Gasteiger partial charge in [0.05, 0.1) is 6.54 Å². The normalized spacial score (nSPS) is 14.6. The molecule has 0 bridgehead atoms. The molecule has 0 amide bonds. The average molecular weight is 258 g/mol. The van der Waals surface area contributed by atoms with Gasteiger partial charge in [-0.15, -0.1) is 0 Å². The van der Waals surface area contributed by atoms with E-state index in [0.717, 1.165) is 18.4 Å². The molecule has 1 fully saturated rings. The molecular weight excluding hydrogens is 243 g/mol. The van der Waals surface area contributed by atoms with Crippen LogP contribution < -0.4 is 11.2 Å². The summed E-state index contributed by atoms with van der Waals surface area (Å²) in [5.41, 5.74) is 1.43. The van der Waals surface area contributed by atoms with E-state index in [1.165, 1.54) is 0 Å². The molecule has 1 aliphatic rings. The molecule has 2 N–H and O–H groups in total. The summed E-state index contributed by atoms with van der Waals surface area (Å²) in [6.07, 6.45) is 5.82. The number of hydrogen-bond acceptors (Lipinski definition) is 3. The minimum Gasteiger partial charge on any atom is -0.423 e. The van der Waals surface area contributed by atoms with Crippen LogP contribution >= 0.6 is 0 Å². The van der Waals surface area contributed by atoms with Gasteiger partial charge in [-0.25, -0.2) is 4.79 Å². The molecular formula is C13H15BN2O3. The fourth-order valence-electron chi connectivity index (χ4n) is 2.17. The zero-order valence-electron chi connectivity index (χ0n) is 10.4. The van der Waals surface area contributed by atoms with Gasteiger partial charge in [0.1, 0.15) is 0 Å². The van der Waals surface area contributed by atoms with E-state index in [9.17, 15) is 4.79 Å². The van der Waals surface area contributed by atoms with Crippen molar-refractivity contribution < 1.29 is 10.0 Å². The first kappa shape index (κ1) is 12.3. The average Bonchev–Trinajstić information content (AvgIpc) is 3.17. The van der Waals surface area contributed by atoms with Crippen molar-refractivity contribution in [2.24, 2.45) is 0 Å². The Morgan fingerprint density at radius 2 is 1.84 bits per heavy atom. The third-order valence-corrected chi connectivity index (χ3v) is 3.44. The molecule has 1 heterocycles. The van der Waals surface area contributed by atoms with Gasteiger partial charge >= 0.3 is 12.8 Å². The van der Waals surface area contributed by atoms with E-state index >= 15 is 0 Å². The lowest BCUT2D eigenvalue weighted by atomic mass is 9.80. The van der Waals surface area contributed by atoms with Crippen molar-refractivity contribution in [2.45, 2.75) is 25.4 Å². The molecule has 1 aromatic heterocycles. The summed E-state index contributed by atoms with van der Waals surface area (Å²) >= 11 is 0. The molecule has 5 nitrogen and oxygen atoms in total. The Labute approximate surface area is 110 Å². The molecule has 19 heavy (non-hydrogen) atoms. The summed E-state index contributed by atoms with van der Waals surface area (Å²) in [4.78, 5) is 12.1. The van der Waals surface area contributed by atoms with Gasteiger partial charge in [0, 0.05) is 18.4 Å². The van der Waals surface area contributed by atoms with Crippen molar-refractivity contribution in [2.75, 3.05) is 0 Å². The first-order valence-electron chi connectivity index (χ1n) is 6.37. The Bertz CT molecular complexity index is 626. The van der Waals surface area contributed by atoms with Crippen molar-refractivity contribution in [3.05, 3.63) is 52.7 Å². The minimum absolute atomic E-state index is 0.0220. The molecule has 98 valence electrons. The molecule has 0 aliphatic heterocycles. The summed E-state index contributed by atoms with van der Waals surface area (Å²) in [7, 11) is -1.45. The van der Waals surface area contributed by atoms with E-state index in [4.69, 9.17) is 10.0 Å². The van der Waals surface area contributed by atoms with Gasteiger partial charge in [-0.1, -0.05) is 24.3 Å². The summed E-state index contributed by atoms with van der Waals surface area (Å²) in [6, 6.07) is 7.30. The van der Waals surface area contributed by atoms with Crippen LogP contribution in [0.5, 0.6) is 0 Å². The first-order chi connectivity index (χ1) is 9.15. The SMILES string of the molecule is O=c1n(Cc2ccc(B(O)O)cc2)ccn1C1CC1. The summed E-state index contributed by atoms with van der Waals surface area (Å²) in [5.74, 6) is 0. The number of rotatable bonds is 4. The molecule has 1 saturated carbocycles. The fourth-order valence-corrected chi connectivity index (χ4v) is 2.17. The smallest absolute Gasteiger partial charge is 0.423 e. The highest BCUT2D eigenvalue weighted by atomic mass is 16.4. The Morgan fingerprint density at radius 3 is 2.42 bits per heavy atom. The van der Waals surface area contributed by atoms with Crippen molar-refractivity contribution in [3.8, 4) is 0 Å². The Hall–Kier alpha value is -1.79. The zero-order chi connectivity index (χ0) is 13.4. The maximum absolute atomic E-state index is 12.1. The molecule has 0 saturated heterocycles. The number of nitrogens with zero attached hydrogens (tertiary/aromatic N) is 2. The van der Waals surface area contributed by atoms with Crippen LogP contribution in [0.15, 0.2) is 41.5 Å². The maximum atomic E-state index is 12.1. The van der Waals surface area contributed by atoms with Crippen LogP contribution in [-0.4, -0.2) is 26.3 Å². The molecule has 0 atom stereocenters. The third kappa shape index (κ3) is 2.50. The molecule has 1 aromatic carbocycles. The standard InChI is InChI=1S/C13H15BN2O3/c17-13-15(7-8-16(13)12-5-6-12)9-10-1-3-11(4-2-10)14(18)19/h1-4,7-8,12,18-19H,5-6,9H2. The Kier molecular flexibility index (Phi) is 3.04. The second-order valence-corrected chi connectivity index (χ2v) is 4.96. The largest absolute Gasteiger partial charge is 0.488 e. The molecule has 3 rings (SSSR count). The van der Waals surface area contributed by atoms with Crippen molar-refractivity contribution in [1.29, 1.82) is 0 Å². The highest BCUT2D eigenvalue weighted by Crippen LogP contribution is 2.33. The van der Waals surface area contributed by atoms with Crippen LogP contribution in [0.2, 0.25) is 0 Å². The third-order valence-electron chi connectivity index (χ3n) is 3.44. The quantitative estimate of drug-likeness (QED) is 0.741. The molecule has 0 spiro atoms. The van der Waals surface area contributed by atoms with E-state index in [1.807, 2.05) is 6.20 Å². The highest BCUT2D eigenvalue weighted by Gasteiger charge is 2.25. The van der Waals surface area contributed by atoms with Gasteiger partial charge in [-0.2, -0.15) is 0 Å². The van der Waals surface area contributed by atoms with Crippen molar-refractivity contribution >= 4 is 12.6 Å². The summed E-state index contributed by atoms with van der Waals surface area (Å²) < 4.78 is 3.45. The second-order valence-electron chi connectivity index (χ2n) is 4.96. The number of benzene rings is 1. The summed E-state index contributed by atoms with van der Waals surface area (Å²) in [6.45, 7) is 0.500. The van der Waals surface area contributed by atoms with Crippen LogP contribution in [0.1, 0.15) is 24.4 Å². The van der Waals surface area contributed by atoms with Crippen LogP contribution in [0, 0.1) is 0 Å². The second kappa shape index (κ2) is 4.72. The predicted molar refractivity (Wildman–Crippen MR) is 72.3 cm³/mol. The molecule has 0 unspecified atom stereocenters. The van der Waals surface area contributed by atoms with E-state index in [0.29, 0.717) is 18.0 Å². The van der Waals surface area contributed by atoms with Crippen LogP contribution in [0.3, 0.4) is 0 Å². The van der Waals surface area contributed by atoms with Crippen LogP contribution in [0.4, 0.5) is 0 Å². The van der Waals surface area contributed by atoms with Gasteiger partial charge in [-0.05, 0) is 23.9 Å². The van der Waals surface area contributed by atoms with Gasteiger partial charge in [0.15, 0.2) is 0 Å². The van der Waals surface area contributed by atoms with E-state index in [2.05, 4.69) is 0 Å². The molecule has 6 heteroatoms. The lowest BCUT2D eigenvalue weighted by Gasteiger charge is -2.04. The fraction of sp³-hybridized carbons (Fsp3) is 0.308. The predicted octanol–water partition coefficient (Wildman–Crippen LogP) is -0.287. The Morgan fingerprint density at radius 1 is 1.16 bits per heavy atom. The first-order valence-corrected chi connectivity index (χ1v) is 6.37. The van der Waals surface area contributed by atoms with E-state index in [-0.39, 0.29) is 5.69 Å². The van der Waals surface area contributed by atoms with Crippen molar-refractivity contribution in [1.82, 2.24) is 9.13 Å². The topological polar surface area (TPSA) is 67.4 Å². The molecule has 0 radical (unpaired) electrons. The zero-order valence-corrected chi connectivity index (χ0v) is 10.4. The van der Waals surface area contributed by atoms with Crippen LogP contribution in [0.25, 0.3) is 0 Å². The number of aromatic nitrogens is 2. The Balaban J connectivity index is 1.79. The maximum Gasteiger partial charge on any atom is 0.488 e. The van der Waals surface area contributed by atoms with Gasteiger partial charge in [0.2, 0.25) is 0 Å². The summed E-state index contributed by atoms with van der Waals surface area (Å²) in [5, 5.41) is 18.0. The van der Waals surface area contributed by atoms with E-state index < -0.39 is 7.12 Å².